The molecule has 0 N–H and O–H groups in total. The van der Waals surface area contributed by atoms with Crippen molar-refractivity contribution in [1.82, 2.24) is 0 Å². The smallest absolute Gasteiger partial charge is 0.156 e. The first-order chi connectivity index (χ1) is 4.79. The summed E-state index contributed by atoms with van der Waals surface area (Å²) in [5, 5.41) is 4.62. The van der Waals surface area contributed by atoms with Crippen molar-refractivity contribution in [2.75, 3.05) is 0 Å². The highest BCUT2D eigenvalue weighted by molar-refractivity contribution is 7.28. The predicted molar refractivity (Wildman–Crippen MR) is 47.8 cm³/mol. The van der Waals surface area contributed by atoms with Gasteiger partial charge in [-0.1, -0.05) is 0 Å². The fourth-order valence-electron chi connectivity index (χ4n) is 0.924. The Kier molecular flexibility index (Phi) is 1.32. The van der Waals surface area contributed by atoms with Crippen LogP contribution in [0.5, 0.6) is 0 Å². The molecule has 0 saturated carbocycles. The van der Waals surface area contributed by atoms with Crippen molar-refractivity contribution in [2.45, 2.75) is 0 Å². The van der Waals surface area contributed by atoms with Gasteiger partial charge in [0.25, 0.3) is 0 Å². The highest BCUT2D eigenvalue weighted by atomic mass is 32.1. The van der Waals surface area contributed by atoms with Crippen molar-refractivity contribution >= 4 is 45.4 Å². The number of hydrogen-bond donors (Lipinski definition) is 0. The first-order valence-corrected chi connectivity index (χ1v) is 4.66. The van der Waals surface area contributed by atoms with Gasteiger partial charge in [-0.3, -0.25) is 0 Å². The fourth-order valence-corrected chi connectivity index (χ4v) is 2.83. The van der Waals surface area contributed by atoms with Gasteiger partial charge in [-0.15, -0.1) is 11.3 Å². The summed E-state index contributed by atoms with van der Waals surface area (Å²) >= 11 is 3.07. The molecule has 10 heavy (non-hydrogen) atoms. The molecule has 0 nitrogen and oxygen atoms in total. The second kappa shape index (κ2) is 2.07. The molecule has 4 heteroatoms. The van der Waals surface area contributed by atoms with Gasteiger partial charge in [0.05, 0.1) is 0 Å². The van der Waals surface area contributed by atoms with Crippen LogP contribution >= 0.6 is 22.7 Å². The first-order valence-electron chi connectivity index (χ1n) is 2.90. The molecule has 2 aromatic rings. The van der Waals surface area contributed by atoms with E-state index in [1.165, 1.54) is 11.3 Å². The second-order valence-electron chi connectivity index (χ2n) is 2.12. The van der Waals surface area contributed by atoms with Crippen molar-refractivity contribution in [2.24, 2.45) is 0 Å². The zero-order chi connectivity index (χ0) is 7.14. The maximum Gasteiger partial charge on any atom is 0.156 e. The van der Waals surface area contributed by atoms with Gasteiger partial charge in [0.15, 0.2) is 7.85 Å². The summed E-state index contributed by atoms with van der Waals surface area (Å²) in [4.78, 5) is 0. The van der Waals surface area contributed by atoms with Gasteiger partial charge in [0.1, 0.15) is 5.82 Å². The number of rotatable bonds is 0. The lowest BCUT2D eigenvalue weighted by Gasteiger charge is -1.79. The Hall–Kier alpha value is -0.345. The summed E-state index contributed by atoms with van der Waals surface area (Å²) in [6.07, 6.45) is 0. The van der Waals surface area contributed by atoms with Crippen LogP contribution in [0.15, 0.2) is 10.8 Å². The molecule has 0 spiro atoms. The summed E-state index contributed by atoms with van der Waals surface area (Å²) in [7, 11) is 1.81. The van der Waals surface area contributed by atoms with E-state index in [2.05, 4.69) is 0 Å². The van der Waals surface area contributed by atoms with E-state index in [1.54, 1.807) is 11.3 Å². The van der Waals surface area contributed by atoms with Crippen LogP contribution in [0.4, 0.5) is 4.39 Å². The summed E-state index contributed by atoms with van der Waals surface area (Å²) in [5.41, 5.74) is 0. The van der Waals surface area contributed by atoms with E-state index in [-0.39, 0.29) is 5.82 Å². The summed E-state index contributed by atoms with van der Waals surface area (Å²) in [6.45, 7) is 0. The van der Waals surface area contributed by atoms with Gasteiger partial charge in [0, 0.05) is 20.8 Å². The van der Waals surface area contributed by atoms with Crippen molar-refractivity contribution < 1.29 is 4.39 Å². The molecule has 0 radical (unpaired) electrons. The second-order valence-corrected chi connectivity index (χ2v) is 4.12. The molecule has 0 aliphatic carbocycles. The maximum absolute atomic E-state index is 13.0. The van der Waals surface area contributed by atoms with Gasteiger partial charge < -0.3 is 0 Å². The molecule has 0 atom stereocenters. The number of halogens is 1. The third-order valence-corrected chi connectivity index (χ3v) is 3.37. The lowest BCUT2D eigenvalue weighted by molar-refractivity contribution is 0.651. The average molecular weight is 170 g/mol. The standard InChI is InChI=1S/C6H4BFS2/c7-6-5(8)3-1-9-2-4(3)10-6/h1-2H,7H2. The van der Waals surface area contributed by atoms with Gasteiger partial charge >= 0.3 is 0 Å². The normalized spacial score (nSPS) is 10.9. The SMILES string of the molecule is Bc1sc2cscc2c1F. The molecular formula is C6H4BFS2. The van der Waals surface area contributed by atoms with Crippen molar-refractivity contribution in [3.63, 3.8) is 0 Å². The van der Waals surface area contributed by atoms with Gasteiger partial charge in [-0.25, -0.2) is 4.39 Å². The van der Waals surface area contributed by atoms with Crippen molar-refractivity contribution in [3.8, 4) is 0 Å². The molecule has 0 unspecified atom stereocenters. The minimum absolute atomic E-state index is 0.0405. The van der Waals surface area contributed by atoms with Crippen LogP contribution in [-0.4, -0.2) is 7.85 Å². The Bertz CT molecular complexity index is 363. The molecule has 0 saturated heterocycles. The van der Waals surface area contributed by atoms with E-state index in [9.17, 15) is 4.39 Å². The molecule has 0 bridgehead atoms. The minimum atomic E-state index is -0.0405. The molecule has 2 heterocycles. The van der Waals surface area contributed by atoms with Crippen LogP contribution in [0.2, 0.25) is 0 Å². The van der Waals surface area contributed by atoms with Gasteiger partial charge in [-0.05, 0) is 4.78 Å². The molecular weight excluding hydrogens is 166 g/mol. The zero-order valence-corrected chi connectivity index (χ0v) is 6.98. The van der Waals surface area contributed by atoms with Crippen molar-refractivity contribution in [3.05, 3.63) is 16.6 Å². The lowest BCUT2D eigenvalue weighted by atomic mass is 10.1. The van der Waals surface area contributed by atoms with E-state index in [4.69, 9.17) is 0 Å². The summed E-state index contributed by atoms with van der Waals surface area (Å²) in [6, 6.07) is 0. The Morgan fingerprint density at radius 2 is 2.20 bits per heavy atom. The quantitative estimate of drug-likeness (QED) is 0.523. The Balaban J connectivity index is 2.95. The number of hydrogen-bond acceptors (Lipinski definition) is 2. The highest BCUT2D eigenvalue weighted by Gasteiger charge is 2.07. The van der Waals surface area contributed by atoms with E-state index < -0.39 is 0 Å². The van der Waals surface area contributed by atoms with Gasteiger partial charge in [0.2, 0.25) is 0 Å². The zero-order valence-electron chi connectivity index (χ0n) is 5.35. The predicted octanol–water partition coefficient (Wildman–Crippen LogP) is 1.36. The Morgan fingerprint density at radius 1 is 1.40 bits per heavy atom. The molecule has 50 valence electrons. The van der Waals surface area contributed by atoms with Crippen LogP contribution in [0.25, 0.3) is 10.1 Å². The third kappa shape index (κ3) is 0.723. The average Bonchev–Trinajstić information content (AvgIpc) is 2.41. The van der Waals surface area contributed by atoms with Crippen LogP contribution < -0.4 is 4.78 Å². The maximum atomic E-state index is 13.0. The Labute approximate surface area is 66.7 Å². The van der Waals surface area contributed by atoms with Crippen LogP contribution in [0.3, 0.4) is 0 Å². The van der Waals surface area contributed by atoms with E-state index >= 15 is 0 Å². The van der Waals surface area contributed by atoms with Crippen LogP contribution in [0, 0.1) is 5.82 Å². The highest BCUT2D eigenvalue weighted by Crippen LogP contribution is 2.25. The van der Waals surface area contributed by atoms with Crippen LogP contribution in [-0.2, 0) is 0 Å². The van der Waals surface area contributed by atoms with Crippen LogP contribution in [0.1, 0.15) is 0 Å². The van der Waals surface area contributed by atoms with E-state index in [1.807, 2.05) is 18.6 Å². The summed E-state index contributed by atoms with van der Waals surface area (Å²) in [5.74, 6) is -0.0405. The molecule has 0 fully saturated rings. The lowest BCUT2D eigenvalue weighted by Crippen LogP contribution is -1.98. The molecule has 2 aromatic heterocycles. The largest absolute Gasteiger partial charge is 0.206 e. The fraction of sp³-hybridized carbons (Fsp3) is 0. The molecule has 0 amide bonds. The summed E-state index contributed by atoms with van der Waals surface area (Å²) < 4.78 is 14.9. The monoisotopic (exact) mass is 170 g/mol. The van der Waals surface area contributed by atoms with Gasteiger partial charge in [-0.2, -0.15) is 11.3 Å². The van der Waals surface area contributed by atoms with E-state index in [0.29, 0.717) is 0 Å². The van der Waals surface area contributed by atoms with E-state index in [0.717, 1.165) is 14.9 Å². The number of thiophene rings is 2. The molecule has 0 aromatic carbocycles. The minimum Gasteiger partial charge on any atom is -0.206 e. The molecule has 2 rings (SSSR count). The first kappa shape index (κ1) is 6.37. The molecule has 0 aliphatic rings. The Morgan fingerprint density at radius 3 is 2.90 bits per heavy atom. The van der Waals surface area contributed by atoms with Crippen molar-refractivity contribution in [1.29, 1.82) is 0 Å². The number of fused-ring (bicyclic) bond motifs is 1. The topological polar surface area (TPSA) is 0 Å². The molecule has 0 aliphatic heterocycles. The third-order valence-electron chi connectivity index (χ3n) is 1.44.